The van der Waals surface area contributed by atoms with Crippen molar-refractivity contribution in [1.29, 1.82) is 0 Å². The SMILES string of the molecule is CCC(CCc1ccc(C2CC2Cl)cc1)N(C)Cc1ccccc1. The zero-order valence-electron chi connectivity index (χ0n) is 14.8. The van der Waals surface area contributed by atoms with Gasteiger partial charge in [0.05, 0.1) is 0 Å². The van der Waals surface area contributed by atoms with Crippen LogP contribution in [0, 0.1) is 0 Å². The molecular weight excluding hydrogens is 314 g/mol. The summed E-state index contributed by atoms with van der Waals surface area (Å²) in [6.45, 7) is 3.32. The Bertz CT molecular complexity index is 622. The zero-order chi connectivity index (χ0) is 16.9. The first-order chi connectivity index (χ1) is 11.7. The topological polar surface area (TPSA) is 3.24 Å². The summed E-state index contributed by atoms with van der Waals surface area (Å²) in [6, 6.07) is 20.5. The lowest BCUT2D eigenvalue weighted by Crippen LogP contribution is -2.31. The second-order valence-corrected chi connectivity index (χ2v) is 7.66. The summed E-state index contributed by atoms with van der Waals surface area (Å²) in [5, 5.41) is 0.368. The Labute approximate surface area is 151 Å². The first-order valence-electron chi connectivity index (χ1n) is 9.14. The minimum atomic E-state index is 0.368. The van der Waals surface area contributed by atoms with Gasteiger partial charge in [0.15, 0.2) is 0 Å². The molecule has 3 rings (SSSR count). The second kappa shape index (κ2) is 8.18. The molecule has 1 saturated carbocycles. The van der Waals surface area contributed by atoms with Crippen LogP contribution in [0.25, 0.3) is 0 Å². The lowest BCUT2D eigenvalue weighted by Gasteiger charge is -2.27. The molecule has 0 heterocycles. The largest absolute Gasteiger partial charge is 0.299 e. The van der Waals surface area contributed by atoms with Crippen molar-refractivity contribution in [2.24, 2.45) is 0 Å². The summed E-state index contributed by atoms with van der Waals surface area (Å²) in [5.41, 5.74) is 4.24. The van der Waals surface area contributed by atoms with E-state index in [1.54, 1.807) is 0 Å². The van der Waals surface area contributed by atoms with Crippen LogP contribution in [0.15, 0.2) is 54.6 Å². The summed E-state index contributed by atoms with van der Waals surface area (Å²) < 4.78 is 0. The van der Waals surface area contributed by atoms with E-state index < -0.39 is 0 Å². The van der Waals surface area contributed by atoms with Crippen LogP contribution in [-0.2, 0) is 13.0 Å². The molecule has 0 spiro atoms. The maximum Gasteiger partial charge on any atom is 0.0411 e. The molecule has 1 aliphatic carbocycles. The van der Waals surface area contributed by atoms with Crippen molar-refractivity contribution in [3.63, 3.8) is 0 Å². The van der Waals surface area contributed by atoms with Gasteiger partial charge in [0, 0.05) is 23.9 Å². The van der Waals surface area contributed by atoms with Gasteiger partial charge in [-0.15, -0.1) is 11.6 Å². The van der Waals surface area contributed by atoms with E-state index in [2.05, 4.69) is 73.5 Å². The van der Waals surface area contributed by atoms with Gasteiger partial charge in [-0.1, -0.05) is 61.5 Å². The van der Waals surface area contributed by atoms with Crippen LogP contribution in [0.5, 0.6) is 0 Å². The number of rotatable bonds is 8. The molecule has 3 atom stereocenters. The molecule has 0 radical (unpaired) electrons. The van der Waals surface area contributed by atoms with Crippen molar-refractivity contribution in [3.05, 3.63) is 71.3 Å². The fraction of sp³-hybridized carbons (Fsp3) is 0.455. The molecule has 24 heavy (non-hydrogen) atoms. The Morgan fingerprint density at radius 3 is 2.29 bits per heavy atom. The first kappa shape index (κ1) is 17.5. The van der Waals surface area contributed by atoms with Crippen LogP contribution in [0.1, 0.15) is 48.8 Å². The van der Waals surface area contributed by atoms with Gasteiger partial charge in [-0.2, -0.15) is 0 Å². The zero-order valence-corrected chi connectivity index (χ0v) is 15.5. The highest BCUT2D eigenvalue weighted by atomic mass is 35.5. The predicted octanol–water partition coefficient (Wildman–Crippen LogP) is 5.62. The standard InChI is InChI=1S/C22H28ClN/c1-3-20(24(2)16-18-7-5-4-6-8-18)14-11-17-9-12-19(13-10-17)21-15-22(21)23/h4-10,12-13,20-22H,3,11,14-16H2,1-2H3. The van der Waals surface area contributed by atoms with E-state index in [4.69, 9.17) is 11.6 Å². The highest BCUT2D eigenvalue weighted by Crippen LogP contribution is 2.45. The Balaban J connectivity index is 1.51. The summed E-state index contributed by atoms with van der Waals surface area (Å²) in [5.74, 6) is 0.598. The lowest BCUT2D eigenvalue weighted by molar-refractivity contribution is 0.216. The number of hydrogen-bond acceptors (Lipinski definition) is 1. The lowest BCUT2D eigenvalue weighted by atomic mass is 10.00. The van der Waals surface area contributed by atoms with Gasteiger partial charge in [0.1, 0.15) is 0 Å². The molecule has 0 aliphatic heterocycles. The Kier molecular flexibility index (Phi) is 5.97. The van der Waals surface area contributed by atoms with E-state index in [1.165, 1.54) is 29.5 Å². The minimum Gasteiger partial charge on any atom is -0.299 e. The molecule has 0 bridgehead atoms. The fourth-order valence-electron chi connectivity index (χ4n) is 3.51. The summed E-state index contributed by atoms with van der Waals surface area (Å²) >= 11 is 6.14. The number of nitrogens with zero attached hydrogens (tertiary/aromatic N) is 1. The maximum absolute atomic E-state index is 6.14. The van der Waals surface area contributed by atoms with Gasteiger partial charge in [0.25, 0.3) is 0 Å². The van der Waals surface area contributed by atoms with Crippen LogP contribution < -0.4 is 0 Å². The van der Waals surface area contributed by atoms with Crippen LogP contribution in [0.3, 0.4) is 0 Å². The molecule has 128 valence electrons. The predicted molar refractivity (Wildman–Crippen MR) is 104 cm³/mol. The van der Waals surface area contributed by atoms with Crippen molar-refractivity contribution in [2.75, 3.05) is 7.05 Å². The van der Waals surface area contributed by atoms with Crippen molar-refractivity contribution in [1.82, 2.24) is 4.90 Å². The number of aryl methyl sites for hydroxylation is 1. The van der Waals surface area contributed by atoms with E-state index in [0.717, 1.165) is 19.4 Å². The molecule has 0 saturated heterocycles. The van der Waals surface area contributed by atoms with Crippen molar-refractivity contribution in [3.8, 4) is 0 Å². The van der Waals surface area contributed by atoms with Gasteiger partial charge >= 0.3 is 0 Å². The average molecular weight is 342 g/mol. The third-order valence-corrected chi connectivity index (χ3v) is 5.74. The van der Waals surface area contributed by atoms with Crippen molar-refractivity contribution in [2.45, 2.75) is 56.5 Å². The molecule has 2 aromatic rings. The minimum absolute atomic E-state index is 0.368. The van der Waals surface area contributed by atoms with Gasteiger partial charge in [-0.25, -0.2) is 0 Å². The molecule has 0 amide bonds. The smallest absolute Gasteiger partial charge is 0.0411 e. The Morgan fingerprint density at radius 2 is 1.71 bits per heavy atom. The third-order valence-electron chi connectivity index (χ3n) is 5.26. The Hall–Kier alpha value is -1.31. The number of alkyl halides is 1. The number of benzene rings is 2. The maximum atomic E-state index is 6.14. The second-order valence-electron chi connectivity index (χ2n) is 7.10. The van der Waals surface area contributed by atoms with Crippen molar-refractivity contribution < 1.29 is 0 Å². The first-order valence-corrected chi connectivity index (χ1v) is 9.58. The van der Waals surface area contributed by atoms with Crippen molar-refractivity contribution >= 4 is 11.6 Å². The van der Waals surface area contributed by atoms with Crippen LogP contribution in [0.2, 0.25) is 0 Å². The summed E-state index contributed by atoms with van der Waals surface area (Å²) in [4.78, 5) is 2.49. The molecule has 0 N–H and O–H groups in total. The fourth-order valence-corrected chi connectivity index (χ4v) is 3.85. The quantitative estimate of drug-likeness (QED) is 0.563. The van der Waals surface area contributed by atoms with E-state index in [9.17, 15) is 0 Å². The Morgan fingerprint density at radius 1 is 1.04 bits per heavy atom. The average Bonchev–Trinajstić information content (AvgIpc) is 3.33. The van der Waals surface area contributed by atoms with Gasteiger partial charge in [-0.05, 0) is 49.4 Å². The molecule has 2 aromatic carbocycles. The monoisotopic (exact) mass is 341 g/mol. The van der Waals surface area contributed by atoms with Crippen LogP contribution in [0.4, 0.5) is 0 Å². The molecule has 2 heteroatoms. The highest BCUT2D eigenvalue weighted by molar-refractivity contribution is 6.23. The molecule has 1 fully saturated rings. The number of halogens is 1. The van der Waals surface area contributed by atoms with Crippen LogP contribution in [-0.4, -0.2) is 23.4 Å². The molecule has 1 nitrogen and oxygen atoms in total. The van der Waals surface area contributed by atoms with E-state index >= 15 is 0 Å². The molecular formula is C22H28ClN. The molecule has 3 unspecified atom stereocenters. The number of hydrogen-bond donors (Lipinski definition) is 0. The van der Waals surface area contributed by atoms with Gasteiger partial charge in [0.2, 0.25) is 0 Å². The third kappa shape index (κ3) is 4.62. The summed E-state index contributed by atoms with van der Waals surface area (Å²) in [6.07, 6.45) is 4.69. The van der Waals surface area contributed by atoms with Crippen LogP contribution >= 0.6 is 11.6 Å². The van der Waals surface area contributed by atoms with E-state index in [1.807, 2.05) is 0 Å². The molecule has 1 aliphatic rings. The molecule has 0 aromatic heterocycles. The highest BCUT2D eigenvalue weighted by Gasteiger charge is 2.36. The van der Waals surface area contributed by atoms with Gasteiger partial charge in [-0.3, -0.25) is 4.90 Å². The van der Waals surface area contributed by atoms with Gasteiger partial charge < -0.3 is 0 Å². The van der Waals surface area contributed by atoms with E-state index in [0.29, 0.717) is 17.3 Å². The summed E-state index contributed by atoms with van der Waals surface area (Å²) in [7, 11) is 2.25. The normalized spacial score (nSPS) is 21.0. The van der Waals surface area contributed by atoms with E-state index in [-0.39, 0.29) is 0 Å².